The molecule has 112 valence electrons. The molecule has 0 saturated carbocycles. The second kappa shape index (κ2) is 7.02. The molecule has 2 aromatic heterocycles. The summed E-state index contributed by atoms with van der Waals surface area (Å²) in [6.45, 7) is 3.75. The lowest BCUT2D eigenvalue weighted by molar-refractivity contribution is 0.0911. The standard InChI is InChI=1S/C14H17N3O2S2/c1-8-12(14(20-3)17-9(2)16-8)13(19)15-6-11(18)10-4-5-21-7-10/h4-5,7,11,18H,6H2,1-3H3,(H,15,19). The molecule has 0 aliphatic heterocycles. The highest BCUT2D eigenvalue weighted by molar-refractivity contribution is 7.98. The van der Waals surface area contributed by atoms with Gasteiger partial charge in [-0.05, 0) is 42.5 Å². The number of rotatable bonds is 5. The Labute approximate surface area is 131 Å². The fraction of sp³-hybridized carbons (Fsp3) is 0.357. The number of hydrogen-bond acceptors (Lipinski definition) is 6. The van der Waals surface area contributed by atoms with Gasteiger partial charge < -0.3 is 10.4 Å². The van der Waals surface area contributed by atoms with Gasteiger partial charge in [0, 0.05) is 6.54 Å². The zero-order valence-corrected chi connectivity index (χ0v) is 13.7. The molecule has 7 heteroatoms. The van der Waals surface area contributed by atoms with E-state index in [1.54, 1.807) is 13.8 Å². The molecular weight excluding hydrogens is 306 g/mol. The van der Waals surface area contributed by atoms with Gasteiger partial charge in [0.1, 0.15) is 10.9 Å². The van der Waals surface area contributed by atoms with Gasteiger partial charge in [-0.3, -0.25) is 4.79 Å². The first-order chi connectivity index (χ1) is 10.0. The lowest BCUT2D eigenvalue weighted by atomic mass is 10.2. The average Bonchev–Trinajstić information content (AvgIpc) is 2.97. The van der Waals surface area contributed by atoms with E-state index in [1.165, 1.54) is 23.1 Å². The highest BCUT2D eigenvalue weighted by atomic mass is 32.2. The molecule has 21 heavy (non-hydrogen) atoms. The van der Waals surface area contributed by atoms with Crippen LogP contribution in [0.3, 0.4) is 0 Å². The van der Waals surface area contributed by atoms with Gasteiger partial charge in [0.15, 0.2) is 0 Å². The number of carbonyl (C=O) groups excluding carboxylic acids is 1. The van der Waals surface area contributed by atoms with Crippen molar-refractivity contribution in [1.82, 2.24) is 15.3 Å². The van der Waals surface area contributed by atoms with Gasteiger partial charge in [0.2, 0.25) is 0 Å². The van der Waals surface area contributed by atoms with E-state index in [0.29, 0.717) is 22.1 Å². The van der Waals surface area contributed by atoms with Crippen LogP contribution < -0.4 is 5.32 Å². The van der Waals surface area contributed by atoms with Gasteiger partial charge in [0.25, 0.3) is 5.91 Å². The minimum Gasteiger partial charge on any atom is -0.387 e. The number of amides is 1. The van der Waals surface area contributed by atoms with Crippen molar-refractivity contribution in [2.75, 3.05) is 12.8 Å². The monoisotopic (exact) mass is 323 g/mol. The Morgan fingerprint density at radius 3 is 2.86 bits per heavy atom. The van der Waals surface area contributed by atoms with Crippen LogP contribution in [0.25, 0.3) is 0 Å². The number of aliphatic hydroxyl groups excluding tert-OH is 1. The molecule has 1 atom stereocenters. The van der Waals surface area contributed by atoms with Crippen molar-refractivity contribution in [2.45, 2.75) is 25.0 Å². The van der Waals surface area contributed by atoms with Gasteiger partial charge in [-0.25, -0.2) is 9.97 Å². The predicted molar refractivity (Wildman–Crippen MR) is 84.9 cm³/mol. The van der Waals surface area contributed by atoms with Crippen molar-refractivity contribution < 1.29 is 9.90 Å². The van der Waals surface area contributed by atoms with Gasteiger partial charge in [0.05, 0.1) is 17.4 Å². The Bertz CT molecular complexity index is 629. The third kappa shape index (κ3) is 3.81. The van der Waals surface area contributed by atoms with E-state index in [1.807, 2.05) is 23.1 Å². The van der Waals surface area contributed by atoms with Gasteiger partial charge in [-0.1, -0.05) is 0 Å². The Morgan fingerprint density at radius 1 is 1.48 bits per heavy atom. The summed E-state index contributed by atoms with van der Waals surface area (Å²) in [6.07, 6.45) is 1.17. The van der Waals surface area contributed by atoms with Crippen molar-refractivity contribution in [3.63, 3.8) is 0 Å². The molecule has 1 unspecified atom stereocenters. The first kappa shape index (κ1) is 15.9. The SMILES string of the molecule is CSc1nc(C)nc(C)c1C(=O)NCC(O)c1ccsc1. The number of thiophene rings is 1. The summed E-state index contributed by atoms with van der Waals surface area (Å²) < 4.78 is 0. The Kier molecular flexibility index (Phi) is 5.33. The van der Waals surface area contributed by atoms with Crippen LogP contribution in [-0.4, -0.2) is 33.8 Å². The molecule has 2 N–H and O–H groups in total. The van der Waals surface area contributed by atoms with Crippen LogP contribution in [0.1, 0.15) is 33.5 Å². The Morgan fingerprint density at radius 2 is 2.24 bits per heavy atom. The first-order valence-electron chi connectivity index (χ1n) is 6.40. The molecule has 1 amide bonds. The molecule has 0 fully saturated rings. The zero-order chi connectivity index (χ0) is 15.4. The molecule has 0 aliphatic rings. The summed E-state index contributed by atoms with van der Waals surface area (Å²) in [4.78, 5) is 20.8. The minimum absolute atomic E-state index is 0.163. The number of carbonyl (C=O) groups is 1. The number of aryl methyl sites for hydroxylation is 2. The van der Waals surface area contributed by atoms with Crippen molar-refractivity contribution >= 4 is 29.0 Å². The quantitative estimate of drug-likeness (QED) is 0.652. The maximum absolute atomic E-state index is 12.3. The van der Waals surface area contributed by atoms with Crippen LogP contribution in [0, 0.1) is 13.8 Å². The van der Waals surface area contributed by atoms with Crippen LogP contribution in [0.2, 0.25) is 0 Å². The molecule has 2 heterocycles. The van der Waals surface area contributed by atoms with Crippen molar-refractivity contribution in [3.8, 4) is 0 Å². The second-order valence-corrected chi connectivity index (χ2v) is 6.10. The molecule has 2 rings (SSSR count). The van der Waals surface area contributed by atoms with E-state index in [2.05, 4.69) is 15.3 Å². The largest absolute Gasteiger partial charge is 0.387 e. The Hall–Kier alpha value is -1.44. The number of aliphatic hydroxyl groups is 1. The average molecular weight is 323 g/mol. The van der Waals surface area contributed by atoms with Gasteiger partial charge >= 0.3 is 0 Å². The van der Waals surface area contributed by atoms with Gasteiger partial charge in [-0.2, -0.15) is 11.3 Å². The van der Waals surface area contributed by atoms with Crippen LogP contribution >= 0.6 is 23.1 Å². The zero-order valence-electron chi connectivity index (χ0n) is 12.1. The smallest absolute Gasteiger partial charge is 0.255 e. The fourth-order valence-electron chi connectivity index (χ4n) is 1.95. The van der Waals surface area contributed by atoms with Crippen LogP contribution in [-0.2, 0) is 0 Å². The number of hydrogen-bond donors (Lipinski definition) is 2. The summed E-state index contributed by atoms with van der Waals surface area (Å²) in [6, 6.07) is 1.84. The number of nitrogens with one attached hydrogen (secondary N) is 1. The molecule has 0 spiro atoms. The lowest BCUT2D eigenvalue weighted by Gasteiger charge is -2.13. The van der Waals surface area contributed by atoms with Crippen molar-refractivity contribution in [2.24, 2.45) is 0 Å². The third-order valence-electron chi connectivity index (χ3n) is 2.97. The first-order valence-corrected chi connectivity index (χ1v) is 8.57. The summed E-state index contributed by atoms with van der Waals surface area (Å²) in [5, 5.41) is 17.2. The molecule has 0 saturated heterocycles. The molecule has 0 aromatic carbocycles. The van der Waals surface area contributed by atoms with Gasteiger partial charge in [-0.15, -0.1) is 11.8 Å². The van der Waals surface area contributed by atoms with Crippen LogP contribution in [0.5, 0.6) is 0 Å². The molecule has 0 bridgehead atoms. The van der Waals surface area contributed by atoms with Crippen molar-refractivity contribution in [1.29, 1.82) is 0 Å². The normalized spacial score (nSPS) is 12.2. The van der Waals surface area contributed by atoms with E-state index in [0.717, 1.165) is 5.56 Å². The molecule has 2 aromatic rings. The topological polar surface area (TPSA) is 75.1 Å². The highest BCUT2D eigenvalue weighted by Crippen LogP contribution is 2.21. The summed E-state index contributed by atoms with van der Waals surface area (Å²) in [7, 11) is 0. The maximum Gasteiger partial charge on any atom is 0.255 e. The molecule has 0 radical (unpaired) electrons. The van der Waals surface area contributed by atoms with E-state index < -0.39 is 6.10 Å². The third-order valence-corrected chi connectivity index (χ3v) is 4.36. The summed E-state index contributed by atoms with van der Waals surface area (Å²) >= 11 is 2.92. The summed E-state index contributed by atoms with van der Waals surface area (Å²) in [5.41, 5.74) is 1.93. The highest BCUT2D eigenvalue weighted by Gasteiger charge is 2.18. The molecular formula is C14H17N3O2S2. The second-order valence-electron chi connectivity index (χ2n) is 4.52. The van der Waals surface area contributed by atoms with E-state index in [9.17, 15) is 9.90 Å². The molecule has 5 nitrogen and oxygen atoms in total. The van der Waals surface area contributed by atoms with E-state index >= 15 is 0 Å². The van der Waals surface area contributed by atoms with E-state index in [4.69, 9.17) is 0 Å². The number of aromatic nitrogens is 2. The maximum atomic E-state index is 12.3. The van der Waals surface area contributed by atoms with E-state index in [-0.39, 0.29) is 12.5 Å². The minimum atomic E-state index is -0.704. The van der Waals surface area contributed by atoms with Crippen LogP contribution in [0.4, 0.5) is 0 Å². The number of nitrogens with zero attached hydrogens (tertiary/aromatic N) is 2. The molecule has 0 aliphatic carbocycles. The lowest BCUT2D eigenvalue weighted by Crippen LogP contribution is -2.30. The number of thioether (sulfide) groups is 1. The summed E-state index contributed by atoms with van der Waals surface area (Å²) in [5.74, 6) is 0.387. The van der Waals surface area contributed by atoms with Crippen LogP contribution in [0.15, 0.2) is 21.9 Å². The Balaban J connectivity index is 2.10. The van der Waals surface area contributed by atoms with Crippen molar-refractivity contribution in [3.05, 3.63) is 39.5 Å². The fourth-order valence-corrected chi connectivity index (χ4v) is 3.33. The predicted octanol–water partition coefficient (Wildman–Crippen LogP) is 2.34.